The summed E-state index contributed by atoms with van der Waals surface area (Å²) in [4.78, 5) is 15.4. The smallest absolute Gasteiger partial charge is 0.164 e. The molecule has 4 nitrogen and oxygen atoms in total. The minimum absolute atomic E-state index is 0.620. The van der Waals surface area contributed by atoms with Crippen molar-refractivity contribution in [3.63, 3.8) is 0 Å². The van der Waals surface area contributed by atoms with Crippen molar-refractivity contribution < 1.29 is 0 Å². The maximum atomic E-state index is 10.1. The van der Waals surface area contributed by atoms with Crippen molar-refractivity contribution in [3.05, 3.63) is 186 Å². The molecule has 49 heavy (non-hydrogen) atoms. The number of rotatable bonds is 3. The standard InChI is InChI=1S/C45H26N4/c46-27-28-23-24-33-32-18-9-11-21-37(32)45(39(33)25-28)38-22-12-10-20-35(38)41-34-19-8-7-17-31(34)36(26-40(41)45)44-48-42(29-13-3-1-4-14-29)47-43(49-44)30-15-5-2-6-16-30/h1-26H. The monoisotopic (exact) mass is 622 g/mol. The SMILES string of the molecule is N#Cc1ccc2c(c1)C1(c3ccccc3-2)c2ccccc2-c2c1cc(-c1nc(-c3ccccc3)nc(-c3ccccc3)n1)c1ccccc21. The van der Waals surface area contributed by atoms with E-state index in [1.807, 2.05) is 66.7 Å². The van der Waals surface area contributed by atoms with E-state index in [9.17, 15) is 5.26 Å². The molecule has 1 spiro atoms. The number of hydrogen-bond donors (Lipinski definition) is 0. The number of hydrogen-bond acceptors (Lipinski definition) is 4. The van der Waals surface area contributed by atoms with Crippen LogP contribution in [0, 0.1) is 11.3 Å². The zero-order valence-corrected chi connectivity index (χ0v) is 26.3. The van der Waals surface area contributed by atoms with Crippen molar-refractivity contribution in [1.82, 2.24) is 15.0 Å². The molecule has 0 N–H and O–H groups in total. The molecule has 0 saturated carbocycles. The highest BCUT2D eigenvalue weighted by molar-refractivity contribution is 6.10. The van der Waals surface area contributed by atoms with Gasteiger partial charge in [0.05, 0.1) is 17.0 Å². The molecule has 10 rings (SSSR count). The summed E-state index contributed by atoms with van der Waals surface area (Å²) in [7, 11) is 0. The Morgan fingerprint density at radius 2 is 0.939 bits per heavy atom. The molecule has 4 heteroatoms. The van der Waals surface area contributed by atoms with Crippen LogP contribution in [0.15, 0.2) is 158 Å². The molecule has 2 aliphatic carbocycles. The fraction of sp³-hybridized carbons (Fsp3) is 0.0222. The van der Waals surface area contributed by atoms with Crippen LogP contribution < -0.4 is 0 Å². The second-order valence-electron chi connectivity index (χ2n) is 12.6. The lowest BCUT2D eigenvalue weighted by molar-refractivity contribution is 0.794. The average Bonchev–Trinajstić information content (AvgIpc) is 3.65. The Morgan fingerprint density at radius 3 is 1.61 bits per heavy atom. The van der Waals surface area contributed by atoms with Crippen molar-refractivity contribution >= 4 is 10.8 Å². The molecule has 0 amide bonds. The largest absolute Gasteiger partial charge is 0.208 e. The van der Waals surface area contributed by atoms with Crippen LogP contribution in [0.3, 0.4) is 0 Å². The van der Waals surface area contributed by atoms with Crippen LogP contribution in [0.5, 0.6) is 0 Å². The first-order valence-corrected chi connectivity index (χ1v) is 16.4. The Hall–Kier alpha value is -6.70. The quantitative estimate of drug-likeness (QED) is 0.197. The van der Waals surface area contributed by atoms with Gasteiger partial charge in [0.25, 0.3) is 0 Å². The van der Waals surface area contributed by atoms with Gasteiger partial charge in [-0.2, -0.15) is 5.26 Å². The van der Waals surface area contributed by atoms with Gasteiger partial charge in [0.15, 0.2) is 17.5 Å². The van der Waals surface area contributed by atoms with E-state index < -0.39 is 5.41 Å². The van der Waals surface area contributed by atoms with Crippen LogP contribution in [0.2, 0.25) is 0 Å². The lowest BCUT2D eigenvalue weighted by Crippen LogP contribution is -2.26. The van der Waals surface area contributed by atoms with E-state index in [-0.39, 0.29) is 0 Å². The summed E-state index contributed by atoms with van der Waals surface area (Å²) in [6.07, 6.45) is 0. The Labute approximate surface area is 283 Å². The fourth-order valence-electron chi connectivity index (χ4n) is 8.18. The van der Waals surface area contributed by atoms with Gasteiger partial charge in [-0.3, -0.25) is 0 Å². The van der Waals surface area contributed by atoms with E-state index in [0.717, 1.165) is 38.6 Å². The third-order valence-corrected chi connectivity index (χ3v) is 10.2. The molecular formula is C45H26N4. The number of nitriles is 1. The summed E-state index contributed by atoms with van der Waals surface area (Å²) >= 11 is 0. The Bertz CT molecular complexity index is 2620. The molecule has 1 atom stereocenters. The summed E-state index contributed by atoms with van der Waals surface area (Å²) in [6.45, 7) is 0. The van der Waals surface area contributed by atoms with E-state index >= 15 is 0 Å². The van der Waals surface area contributed by atoms with Gasteiger partial charge in [-0.15, -0.1) is 0 Å². The van der Waals surface area contributed by atoms with Crippen molar-refractivity contribution in [1.29, 1.82) is 5.26 Å². The summed E-state index contributed by atoms with van der Waals surface area (Å²) in [6, 6.07) is 57.2. The lowest BCUT2D eigenvalue weighted by Gasteiger charge is -2.31. The molecule has 1 heterocycles. The van der Waals surface area contributed by atoms with E-state index in [1.165, 1.54) is 33.4 Å². The van der Waals surface area contributed by atoms with Gasteiger partial charge in [0.2, 0.25) is 0 Å². The molecule has 1 unspecified atom stereocenters. The van der Waals surface area contributed by atoms with Crippen molar-refractivity contribution in [2.45, 2.75) is 5.41 Å². The molecule has 0 radical (unpaired) electrons. The topological polar surface area (TPSA) is 62.5 Å². The molecule has 0 saturated heterocycles. The van der Waals surface area contributed by atoms with Crippen molar-refractivity contribution in [2.24, 2.45) is 0 Å². The highest BCUT2D eigenvalue weighted by Gasteiger charge is 2.52. The number of aromatic nitrogens is 3. The molecule has 226 valence electrons. The summed E-state index contributed by atoms with van der Waals surface area (Å²) in [5, 5.41) is 12.3. The normalized spacial score (nSPS) is 15.0. The molecule has 2 aliphatic rings. The average molecular weight is 623 g/mol. The van der Waals surface area contributed by atoms with E-state index in [0.29, 0.717) is 23.0 Å². The third kappa shape index (κ3) is 3.82. The minimum Gasteiger partial charge on any atom is -0.208 e. The zero-order valence-electron chi connectivity index (χ0n) is 26.3. The Kier molecular flexibility index (Phi) is 5.82. The van der Waals surface area contributed by atoms with Crippen LogP contribution in [0.25, 0.3) is 67.2 Å². The summed E-state index contributed by atoms with van der Waals surface area (Å²) < 4.78 is 0. The lowest BCUT2D eigenvalue weighted by atomic mass is 9.70. The predicted molar refractivity (Wildman–Crippen MR) is 195 cm³/mol. The van der Waals surface area contributed by atoms with Crippen molar-refractivity contribution in [3.8, 4) is 62.5 Å². The first kappa shape index (κ1) is 27.4. The maximum Gasteiger partial charge on any atom is 0.164 e. The molecule has 8 aromatic rings. The van der Waals surface area contributed by atoms with Gasteiger partial charge >= 0.3 is 0 Å². The molecule has 0 aliphatic heterocycles. The van der Waals surface area contributed by atoms with Gasteiger partial charge in [-0.05, 0) is 73.5 Å². The van der Waals surface area contributed by atoms with Crippen LogP contribution >= 0.6 is 0 Å². The third-order valence-electron chi connectivity index (χ3n) is 10.2. The van der Waals surface area contributed by atoms with E-state index in [4.69, 9.17) is 15.0 Å². The van der Waals surface area contributed by atoms with E-state index in [2.05, 4.69) is 97.1 Å². The predicted octanol–water partition coefficient (Wildman–Crippen LogP) is 10.2. The van der Waals surface area contributed by atoms with Crippen LogP contribution in [0.1, 0.15) is 27.8 Å². The van der Waals surface area contributed by atoms with E-state index in [1.54, 1.807) is 0 Å². The molecule has 0 bridgehead atoms. The van der Waals surface area contributed by atoms with Crippen molar-refractivity contribution in [2.75, 3.05) is 0 Å². The first-order chi connectivity index (χ1) is 24.3. The van der Waals surface area contributed by atoms with Crippen LogP contribution in [0.4, 0.5) is 0 Å². The van der Waals surface area contributed by atoms with Crippen LogP contribution in [-0.4, -0.2) is 15.0 Å². The van der Waals surface area contributed by atoms with Crippen LogP contribution in [-0.2, 0) is 5.41 Å². The highest BCUT2D eigenvalue weighted by Crippen LogP contribution is 2.64. The number of nitrogens with zero attached hydrogens (tertiary/aromatic N) is 4. The first-order valence-electron chi connectivity index (χ1n) is 16.4. The van der Waals surface area contributed by atoms with Gasteiger partial charge in [-0.25, -0.2) is 15.0 Å². The second kappa shape index (κ2) is 10.4. The van der Waals surface area contributed by atoms with Gasteiger partial charge in [0, 0.05) is 16.7 Å². The Morgan fingerprint density at radius 1 is 0.408 bits per heavy atom. The highest BCUT2D eigenvalue weighted by atomic mass is 15.0. The maximum absolute atomic E-state index is 10.1. The second-order valence-corrected chi connectivity index (χ2v) is 12.6. The number of fused-ring (bicyclic) bond motifs is 12. The molecule has 0 fully saturated rings. The fourth-order valence-corrected chi connectivity index (χ4v) is 8.18. The summed E-state index contributed by atoms with van der Waals surface area (Å²) in [5.41, 5.74) is 12.3. The summed E-state index contributed by atoms with van der Waals surface area (Å²) in [5.74, 6) is 1.87. The molecule has 7 aromatic carbocycles. The Balaban J connectivity index is 1.35. The number of benzene rings is 7. The zero-order chi connectivity index (χ0) is 32.5. The molecular weight excluding hydrogens is 597 g/mol. The van der Waals surface area contributed by atoms with Gasteiger partial charge in [-0.1, -0.05) is 140 Å². The molecule has 1 aromatic heterocycles. The minimum atomic E-state index is -0.624. The van der Waals surface area contributed by atoms with Gasteiger partial charge < -0.3 is 0 Å². The van der Waals surface area contributed by atoms with Gasteiger partial charge in [0.1, 0.15) is 0 Å².